The third-order valence-electron chi connectivity index (χ3n) is 5.22. The van der Waals surface area contributed by atoms with Crippen LogP contribution >= 0.6 is 0 Å². The molecule has 3 heterocycles. The van der Waals surface area contributed by atoms with Crippen LogP contribution in [0.25, 0.3) is 10.8 Å². The summed E-state index contributed by atoms with van der Waals surface area (Å²) < 4.78 is 1.51. The minimum atomic E-state index is -0.111. The van der Waals surface area contributed by atoms with E-state index in [0.29, 0.717) is 23.6 Å². The first-order chi connectivity index (χ1) is 15.0. The van der Waals surface area contributed by atoms with Gasteiger partial charge < -0.3 is 10.2 Å². The molecular formula is C23H27N7O. The molecule has 31 heavy (non-hydrogen) atoms. The van der Waals surface area contributed by atoms with E-state index in [2.05, 4.69) is 37.4 Å². The Balaban J connectivity index is 1.76. The normalized spacial score (nSPS) is 11.3. The molecule has 0 aliphatic heterocycles. The van der Waals surface area contributed by atoms with Crippen LogP contribution in [0.3, 0.4) is 0 Å². The maximum absolute atomic E-state index is 13.2. The zero-order valence-electron chi connectivity index (χ0n) is 18.3. The summed E-state index contributed by atoms with van der Waals surface area (Å²) in [5.41, 5.74) is 2.82. The zero-order valence-corrected chi connectivity index (χ0v) is 18.3. The molecule has 8 heteroatoms. The van der Waals surface area contributed by atoms with Gasteiger partial charge >= 0.3 is 0 Å². The lowest BCUT2D eigenvalue weighted by Crippen LogP contribution is -2.26. The van der Waals surface area contributed by atoms with Crippen molar-refractivity contribution in [2.75, 3.05) is 17.3 Å². The Bertz CT molecular complexity index is 1240. The minimum Gasteiger partial charge on any atom is -0.369 e. The van der Waals surface area contributed by atoms with Gasteiger partial charge in [-0.1, -0.05) is 13.0 Å². The Morgan fingerprint density at radius 2 is 2.00 bits per heavy atom. The first-order valence-corrected chi connectivity index (χ1v) is 10.4. The van der Waals surface area contributed by atoms with Crippen molar-refractivity contribution in [1.82, 2.24) is 25.0 Å². The number of rotatable bonds is 7. The first kappa shape index (κ1) is 20.6. The number of aromatic amines is 1. The topological polar surface area (TPSA) is 91.7 Å². The predicted molar refractivity (Wildman–Crippen MR) is 124 cm³/mol. The van der Waals surface area contributed by atoms with Gasteiger partial charge in [0.15, 0.2) is 11.6 Å². The van der Waals surface area contributed by atoms with Crippen LogP contribution in [0.4, 0.5) is 17.3 Å². The second-order valence-electron chi connectivity index (χ2n) is 7.86. The highest BCUT2D eigenvalue weighted by Crippen LogP contribution is 2.27. The lowest BCUT2D eigenvalue weighted by molar-refractivity contribution is 0.510. The average molecular weight is 418 g/mol. The van der Waals surface area contributed by atoms with Crippen LogP contribution in [0.5, 0.6) is 0 Å². The lowest BCUT2D eigenvalue weighted by atomic mass is 10.1. The Labute approximate surface area is 180 Å². The monoisotopic (exact) mass is 417 g/mol. The number of nitrogens with one attached hydrogen (secondary N) is 2. The number of nitrogens with zero attached hydrogens (tertiary/aromatic N) is 5. The summed E-state index contributed by atoms with van der Waals surface area (Å²) in [4.78, 5) is 19.7. The van der Waals surface area contributed by atoms with Gasteiger partial charge in [0.05, 0.1) is 23.7 Å². The van der Waals surface area contributed by atoms with Gasteiger partial charge in [0.2, 0.25) is 0 Å². The third-order valence-corrected chi connectivity index (χ3v) is 5.22. The highest BCUT2D eigenvalue weighted by Gasteiger charge is 2.15. The van der Waals surface area contributed by atoms with E-state index in [9.17, 15) is 4.79 Å². The second kappa shape index (κ2) is 8.59. The number of aromatic nitrogens is 5. The molecule has 0 radical (unpaired) electrons. The molecule has 1 aromatic carbocycles. The summed E-state index contributed by atoms with van der Waals surface area (Å²) in [7, 11) is 1.99. The molecule has 4 aromatic rings. The predicted octanol–water partition coefficient (Wildman–Crippen LogP) is 4.04. The van der Waals surface area contributed by atoms with Gasteiger partial charge in [-0.2, -0.15) is 10.2 Å². The van der Waals surface area contributed by atoms with Crippen LogP contribution in [0.15, 0.2) is 53.5 Å². The van der Waals surface area contributed by atoms with Gasteiger partial charge in [-0.25, -0.2) is 4.68 Å². The molecule has 0 atom stereocenters. The highest BCUT2D eigenvalue weighted by atomic mass is 16.1. The molecule has 0 saturated carbocycles. The van der Waals surface area contributed by atoms with Crippen LogP contribution < -0.4 is 15.8 Å². The first-order valence-electron chi connectivity index (χ1n) is 10.4. The molecule has 8 nitrogen and oxygen atoms in total. The fourth-order valence-electron chi connectivity index (χ4n) is 3.48. The summed E-state index contributed by atoms with van der Waals surface area (Å²) >= 11 is 0. The fourth-order valence-corrected chi connectivity index (χ4v) is 3.48. The van der Waals surface area contributed by atoms with Crippen molar-refractivity contribution in [3.05, 3.63) is 70.4 Å². The molecule has 0 bridgehead atoms. The van der Waals surface area contributed by atoms with Gasteiger partial charge in [-0.3, -0.25) is 14.9 Å². The van der Waals surface area contributed by atoms with Crippen LogP contribution in [0, 0.1) is 0 Å². The van der Waals surface area contributed by atoms with E-state index in [4.69, 9.17) is 0 Å². The smallest absolute Gasteiger partial charge is 0.275 e. The number of hydrogen-bond donors (Lipinski definition) is 2. The molecule has 0 spiro atoms. The molecule has 0 saturated heterocycles. The molecule has 4 rings (SSSR count). The third kappa shape index (κ3) is 4.28. The van der Waals surface area contributed by atoms with Gasteiger partial charge in [-0.15, -0.1) is 0 Å². The summed E-state index contributed by atoms with van der Waals surface area (Å²) in [6.07, 6.45) is 2.65. The Kier molecular flexibility index (Phi) is 5.70. The zero-order chi connectivity index (χ0) is 22.0. The van der Waals surface area contributed by atoms with E-state index in [1.807, 2.05) is 63.4 Å². The van der Waals surface area contributed by atoms with Crippen LogP contribution in [-0.2, 0) is 13.0 Å². The van der Waals surface area contributed by atoms with Crippen LogP contribution in [0.2, 0.25) is 0 Å². The van der Waals surface area contributed by atoms with Gasteiger partial charge in [0.1, 0.15) is 0 Å². The van der Waals surface area contributed by atoms with Crippen molar-refractivity contribution in [2.45, 2.75) is 39.8 Å². The number of anilines is 3. The van der Waals surface area contributed by atoms with Crippen LogP contribution in [-0.4, -0.2) is 32.0 Å². The van der Waals surface area contributed by atoms with E-state index in [1.54, 1.807) is 6.20 Å². The van der Waals surface area contributed by atoms with Crippen molar-refractivity contribution in [2.24, 2.45) is 0 Å². The molecule has 0 fully saturated rings. The molecule has 3 aromatic heterocycles. The average Bonchev–Trinajstić information content (AvgIpc) is 3.23. The Hall–Kier alpha value is -3.68. The fraction of sp³-hybridized carbons (Fsp3) is 0.304. The summed E-state index contributed by atoms with van der Waals surface area (Å²) in [6.45, 7) is 6.61. The molecule has 0 aliphatic rings. The van der Waals surface area contributed by atoms with Crippen molar-refractivity contribution in [3.63, 3.8) is 0 Å². The molecule has 2 N–H and O–H groups in total. The van der Waals surface area contributed by atoms with Gasteiger partial charge in [0, 0.05) is 36.1 Å². The molecular weight excluding hydrogens is 390 g/mol. The molecule has 0 amide bonds. The number of hydrogen-bond acceptors (Lipinski definition) is 6. The van der Waals surface area contributed by atoms with E-state index in [0.717, 1.165) is 28.9 Å². The number of H-pyrrole nitrogens is 1. The highest BCUT2D eigenvalue weighted by molar-refractivity contribution is 5.94. The molecule has 0 aliphatic carbocycles. The van der Waals surface area contributed by atoms with Crippen LogP contribution in [0.1, 0.15) is 38.2 Å². The van der Waals surface area contributed by atoms with Gasteiger partial charge in [-0.05, 0) is 50.6 Å². The number of aryl methyl sites for hydroxylation is 1. The van der Waals surface area contributed by atoms with E-state index < -0.39 is 0 Å². The largest absolute Gasteiger partial charge is 0.369 e. The van der Waals surface area contributed by atoms with Crippen molar-refractivity contribution in [1.29, 1.82) is 0 Å². The summed E-state index contributed by atoms with van der Waals surface area (Å²) in [5, 5.41) is 16.5. The number of benzene rings is 1. The maximum atomic E-state index is 13.2. The van der Waals surface area contributed by atoms with Crippen molar-refractivity contribution >= 4 is 28.1 Å². The SMILES string of the molecule is CCc1cc(Nc2nn(C(C)C)c(=O)c3cc(N(C)Cc4ccccn4)ccc23)n[nH]1. The quantitative estimate of drug-likeness (QED) is 0.472. The summed E-state index contributed by atoms with van der Waals surface area (Å²) in [6, 6.07) is 13.6. The molecule has 160 valence electrons. The standard InChI is InChI=1S/C23H27N7O/c1-5-16-12-21(27-26-16)25-22-19-10-9-18(29(4)14-17-8-6-7-11-24-17)13-20(19)23(31)30(28-22)15(2)3/h6-13,15H,5,14H2,1-4H3,(H2,25,26,27,28). The Morgan fingerprint density at radius 1 is 1.16 bits per heavy atom. The maximum Gasteiger partial charge on any atom is 0.275 e. The number of fused-ring (bicyclic) bond motifs is 1. The molecule has 0 unspecified atom stereocenters. The van der Waals surface area contributed by atoms with E-state index in [1.165, 1.54) is 4.68 Å². The van der Waals surface area contributed by atoms with E-state index in [-0.39, 0.29) is 11.6 Å². The minimum absolute atomic E-state index is 0.0715. The lowest BCUT2D eigenvalue weighted by Gasteiger charge is -2.20. The van der Waals surface area contributed by atoms with Crippen molar-refractivity contribution in [3.8, 4) is 0 Å². The van der Waals surface area contributed by atoms with Gasteiger partial charge in [0.25, 0.3) is 5.56 Å². The Morgan fingerprint density at radius 3 is 2.68 bits per heavy atom. The van der Waals surface area contributed by atoms with Crippen molar-refractivity contribution < 1.29 is 0 Å². The second-order valence-corrected chi connectivity index (χ2v) is 7.86. The summed E-state index contributed by atoms with van der Waals surface area (Å²) in [5.74, 6) is 1.28. The number of pyridine rings is 1. The van der Waals surface area contributed by atoms with E-state index >= 15 is 0 Å².